The van der Waals surface area contributed by atoms with E-state index in [1.807, 2.05) is 31.4 Å². The van der Waals surface area contributed by atoms with Crippen molar-refractivity contribution in [1.82, 2.24) is 10.4 Å². The fourth-order valence-electron chi connectivity index (χ4n) is 0.833. The van der Waals surface area contributed by atoms with Crippen LogP contribution < -0.4 is 5.43 Å². The Balaban J connectivity index is 0.000000770. The summed E-state index contributed by atoms with van der Waals surface area (Å²) in [6.45, 7) is 1.94. The van der Waals surface area contributed by atoms with E-state index in [0.29, 0.717) is 4.32 Å². The van der Waals surface area contributed by atoms with E-state index in [2.05, 4.69) is 15.5 Å². The summed E-state index contributed by atoms with van der Waals surface area (Å²) in [6.07, 6.45) is 3.55. The molecule has 1 heterocycles. The number of thiocarbonyl (C=S) groups is 1. The predicted molar refractivity (Wildman–Crippen MR) is 77.5 cm³/mol. The topological polar surface area (TPSA) is 37.3 Å². The van der Waals surface area contributed by atoms with Gasteiger partial charge in [-0.15, -0.1) is 0 Å². The Morgan fingerprint density at radius 1 is 1.59 bits per heavy atom. The second-order valence-corrected chi connectivity index (χ2v) is 6.58. The van der Waals surface area contributed by atoms with Gasteiger partial charge in [-0.05, 0) is 25.3 Å². The summed E-state index contributed by atoms with van der Waals surface area (Å²) in [5.41, 5.74) is 4.52. The Kier molecular flexibility index (Phi) is 11.5. The number of aromatic nitrogens is 1. The quantitative estimate of drug-likeness (QED) is 0.358. The van der Waals surface area contributed by atoms with E-state index < -0.39 is 0 Å². The Hall–Kier alpha value is 0.263. The molecule has 0 spiro atoms. The van der Waals surface area contributed by atoms with Gasteiger partial charge < -0.3 is 0 Å². The van der Waals surface area contributed by atoms with Gasteiger partial charge in [0.05, 0.1) is 11.9 Å². The average Bonchev–Trinajstić information content (AvgIpc) is 2.30. The van der Waals surface area contributed by atoms with Crippen molar-refractivity contribution < 1.29 is 15.1 Å². The number of halogens is 2. The van der Waals surface area contributed by atoms with Crippen LogP contribution in [0.15, 0.2) is 23.3 Å². The number of rotatable bonds is 2. The van der Waals surface area contributed by atoms with Crippen LogP contribution in [0.1, 0.15) is 11.4 Å². The molecule has 0 fully saturated rings. The normalized spacial score (nSPS) is 9.88. The molecule has 1 N–H and O–H groups in total. The van der Waals surface area contributed by atoms with E-state index in [0.717, 1.165) is 11.4 Å². The van der Waals surface area contributed by atoms with E-state index >= 15 is 0 Å². The molecule has 17 heavy (non-hydrogen) atoms. The molecule has 1 rings (SSSR count). The van der Waals surface area contributed by atoms with Crippen LogP contribution in [0.25, 0.3) is 0 Å². The molecule has 0 aromatic carbocycles. The number of nitrogens with zero attached hydrogens (tertiary/aromatic N) is 2. The first kappa shape index (κ1) is 17.3. The number of hydrogen-bond donors (Lipinski definition) is 1. The van der Waals surface area contributed by atoms with Crippen molar-refractivity contribution >= 4 is 53.9 Å². The van der Waals surface area contributed by atoms with Crippen LogP contribution in [0.4, 0.5) is 0 Å². The van der Waals surface area contributed by atoms with Gasteiger partial charge in [-0.25, -0.2) is 0 Å². The molecule has 8 heteroatoms. The summed E-state index contributed by atoms with van der Waals surface area (Å²) >= 11 is 6.14. The molecule has 1 aromatic rings. The first-order valence-corrected chi connectivity index (χ1v) is 10.1. The molecule has 0 bridgehead atoms. The summed E-state index contributed by atoms with van der Waals surface area (Å²) in [5.74, 6) is 0. The molecule has 0 radical (unpaired) electrons. The number of thioether (sulfide) groups is 1. The van der Waals surface area contributed by atoms with Gasteiger partial charge in [-0.2, -0.15) is 5.10 Å². The van der Waals surface area contributed by atoms with Crippen LogP contribution in [0.2, 0.25) is 0 Å². The molecule has 0 aliphatic carbocycles. The van der Waals surface area contributed by atoms with Gasteiger partial charge in [-0.3, -0.25) is 10.4 Å². The number of pyridine rings is 1. The Morgan fingerprint density at radius 3 is 2.76 bits per heavy atom. The van der Waals surface area contributed by atoms with E-state index in [1.54, 1.807) is 6.21 Å². The zero-order valence-electron chi connectivity index (χ0n) is 9.11. The number of aryl methyl sites for hydroxylation is 1. The third-order valence-electron chi connectivity index (χ3n) is 1.45. The molecule has 1 aromatic heterocycles. The zero-order chi connectivity index (χ0) is 13.1. The molecule has 0 aliphatic heterocycles. The molecule has 0 saturated heterocycles. The Morgan fingerprint density at radius 2 is 2.24 bits per heavy atom. The van der Waals surface area contributed by atoms with Crippen LogP contribution >= 0.6 is 43.4 Å². The molecular weight excluding hydrogens is 388 g/mol. The Bertz CT molecular complexity index is 377. The van der Waals surface area contributed by atoms with Gasteiger partial charge in [0.2, 0.25) is 0 Å². The fourth-order valence-corrected chi connectivity index (χ4v) is 1.03. The van der Waals surface area contributed by atoms with E-state index in [9.17, 15) is 0 Å². The molecular formula is C9H11Cl2N3RhS2. The standard InChI is InChI=1S/C9H11N3S2.2ClH.Rh/c1-7-4-3-5-8(11-7)6-10-12-9(13)14-2;;;/h3-6H,1-2H3,(H,12,13);2*1H;/q;;;+2/p-2. The van der Waals surface area contributed by atoms with Gasteiger partial charge in [0.25, 0.3) is 0 Å². The SMILES string of the molecule is CSC(=S)NN=Cc1cccc(C)n1.[Cl][Rh][Cl]. The van der Waals surface area contributed by atoms with Crippen LogP contribution in [0, 0.1) is 6.92 Å². The van der Waals surface area contributed by atoms with Crippen molar-refractivity contribution in [2.24, 2.45) is 5.10 Å². The monoisotopic (exact) mass is 398 g/mol. The van der Waals surface area contributed by atoms with Gasteiger partial charge in [0.15, 0.2) is 4.32 Å². The first-order valence-electron chi connectivity index (χ1n) is 4.28. The molecule has 0 atom stereocenters. The van der Waals surface area contributed by atoms with Gasteiger partial charge in [0, 0.05) is 5.69 Å². The second kappa shape index (κ2) is 11.4. The summed E-state index contributed by atoms with van der Waals surface area (Å²) < 4.78 is 0.647. The van der Waals surface area contributed by atoms with Crippen molar-refractivity contribution in [3.63, 3.8) is 0 Å². The van der Waals surface area contributed by atoms with Gasteiger partial charge in [-0.1, -0.05) is 30.0 Å². The number of hydrazone groups is 1. The van der Waals surface area contributed by atoms with Crippen molar-refractivity contribution in [2.75, 3.05) is 6.26 Å². The van der Waals surface area contributed by atoms with Crippen molar-refractivity contribution in [3.05, 3.63) is 29.6 Å². The van der Waals surface area contributed by atoms with Crippen LogP contribution in [-0.4, -0.2) is 21.8 Å². The second-order valence-electron chi connectivity index (χ2n) is 2.61. The summed E-state index contributed by atoms with van der Waals surface area (Å²) in [6, 6.07) is 5.77. The summed E-state index contributed by atoms with van der Waals surface area (Å²) in [4.78, 5) is 4.26. The number of hydrogen-bond acceptors (Lipinski definition) is 4. The molecule has 0 aliphatic rings. The van der Waals surface area contributed by atoms with Gasteiger partial charge >= 0.3 is 34.5 Å². The van der Waals surface area contributed by atoms with Crippen LogP contribution in [-0.2, 0) is 15.1 Å². The molecule has 97 valence electrons. The first-order chi connectivity index (χ1) is 8.13. The maximum atomic E-state index is 4.91. The van der Waals surface area contributed by atoms with E-state index in [-0.39, 0.29) is 15.1 Å². The zero-order valence-corrected chi connectivity index (χ0v) is 13.9. The van der Waals surface area contributed by atoms with Crippen molar-refractivity contribution in [1.29, 1.82) is 0 Å². The Labute approximate surface area is 126 Å². The minimum absolute atomic E-state index is 0.226. The maximum absolute atomic E-state index is 4.91. The van der Waals surface area contributed by atoms with Crippen LogP contribution in [0.3, 0.4) is 0 Å². The summed E-state index contributed by atoms with van der Waals surface area (Å²) in [7, 11) is 9.67. The predicted octanol–water partition coefficient (Wildman–Crippen LogP) is 3.34. The van der Waals surface area contributed by atoms with E-state index in [4.69, 9.17) is 31.6 Å². The van der Waals surface area contributed by atoms with Gasteiger partial charge in [0.1, 0.15) is 0 Å². The molecule has 0 unspecified atom stereocenters. The third kappa shape index (κ3) is 9.92. The third-order valence-corrected chi connectivity index (χ3v) is 2.50. The fraction of sp³-hybridized carbons (Fsp3) is 0.222. The molecule has 0 saturated carbocycles. The molecule has 3 nitrogen and oxygen atoms in total. The molecule has 0 amide bonds. The van der Waals surface area contributed by atoms with Crippen LogP contribution in [0.5, 0.6) is 0 Å². The summed E-state index contributed by atoms with van der Waals surface area (Å²) in [5, 5.41) is 3.95. The van der Waals surface area contributed by atoms with E-state index in [1.165, 1.54) is 11.8 Å². The van der Waals surface area contributed by atoms with Crippen molar-refractivity contribution in [2.45, 2.75) is 6.92 Å². The van der Waals surface area contributed by atoms with Crippen molar-refractivity contribution in [3.8, 4) is 0 Å². The minimum atomic E-state index is -0.226. The average molecular weight is 399 g/mol. The number of nitrogens with one attached hydrogen (secondary N) is 1.